The van der Waals surface area contributed by atoms with E-state index in [9.17, 15) is 14.7 Å². The van der Waals surface area contributed by atoms with Crippen LogP contribution in [0.15, 0.2) is 54.6 Å². The SMILES string of the molecule is CNCC/C=C1/c2ccccc2C[C@@H](O)c2ccccc21.O=C(O)CCC(=O)O. The molecule has 4 N–H and O–H groups in total. The summed E-state index contributed by atoms with van der Waals surface area (Å²) in [5.41, 5.74) is 5.90. The van der Waals surface area contributed by atoms with E-state index in [2.05, 4.69) is 35.7 Å². The molecule has 6 heteroatoms. The average molecular weight is 397 g/mol. The monoisotopic (exact) mass is 397 g/mol. The quantitative estimate of drug-likeness (QED) is 0.558. The van der Waals surface area contributed by atoms with Crippen molar-refractivity contribution in [3.63, 3.8) is 0 Å². The molecule has 6 nitrogen and oxygen atoms in total. The summed E-state index contributed by atoms with van der Waals surface area (Å²) >= 11 is 0. The summed E-state index contributed by atoms with van der Waals surface area (Å²) in [6.07, 6.45) is 2.91. The van der Waals surface area contributed by atoms with Gasteiger partial charge in [0.05, 0.1) is 18.9 Å². The van der Waals surface area contributed by atoms with Crippen LogP contribution in [-0.2, 0) is 16.0 Å². The number of carbonyl (C=O) groups is 2. The highest BCUT2D eigenvalue weighted by Crippen LogP contribution is 2.37. The lowest BCUT2D eigenvalue weighted by Gasteiger charge is -2.13. The van der Waals surface area contributed by atoms with Gasteiger partial charge in [0.1, 0.15) is 0 Å². The Morgan fingerprint density at radius 1 is 1.00 bits per heavy atom. The summed E-state index contributed by atoms with van der Waals surface area (Å²) < 4.78 is 0. The first kappa shape index (κ1) is 22.3. The van der Waals surface area contributed by atoms with E-state index in [1.807, 2.05) is 31.3 Å². The minimum atomic E-state index is -1.08. The summed E-state index contributed by atoms with van der Waals surface area (Å²) in [5.74, 6) is -2.15. The van der Waals surface area contributed by atoms with Crippen LogP contribution in [0.1, 0.15) is 47.6 Å². The van der Waals surface area contributed by atoms with E-state index < -0.39 is 18.0 Å². The number of aliphatic hydroxyl groups excluding tert-OH is 1. The number of benzene rings is 2. The van der Waals surface area contributed by atoms with Crippen LogP contribution in [0.3, 0.4) is 0 Å². The first-order chi connectivity index (χ1) is 13.9. The average Bonchev–Trinajstić information content (AvgIpc) is 2.82. The van der Waals surface area contributed by atoms with E-state index in [0.717, 1.165) is 24.1 Å². The van der Waals surface area contributed by atoms with Gasteiger partial charge in [0.15, 0.2) is 0 Å². The van der Waals surface area contributed by atoms with Gasteiger partial charge in [-0.1, -0.05) is 54.6 Å². The van der Waals surface area contributed by atoms with Gasteiger partial charge < -0.3 is 20.6 Å². The van der Waals surface area contributed by atoms with Crippen LogP contribution >= 0.6 is 0 Å². The van der Waals surface area contributed by atoms with Crippen molar-refractivity contribution in [2.45, 2.75) is 31.8 Å². The van der Waals surface area contributed by atoms with Gasteiger partial charge in [0.2, 0.25) is 0 Å². The second kappa shape index (κ2) is 11.1. The van der Waals surface area contributed by atoms with Gasteiger partial charge in [-0.25, -0.2) is 0 Å². The second-order valence-corrected chi connectivity index (χ2v) is 6.76. The van der Waals surface area contributed by atoms with Gasteiger partial charge >= 0.3 is 11.9 Å². The van der Waals surface area contributed by atoms with Gasteiger partial charge in [-0.05, 0) is 47.8 Å². The zero-order chi connectivity index (χ0) is 21.2. The number of nitrogens with one attached hydrogen (secondary N) is 1. The second-order valence-electron chi connectivity index (χ2n) is 6.76. The van der Waals surface area contributed by atoms with Crippen molar-refractivity contribution in [1.29, 1.82) is 0 Å². The van der Waals surface area contributed by atoms with Crippen molar-refractivity contribution < 1.29 is 24.9 Å². The van der Waals surface area contributed by atoms with Gasteiger partial charge in [-0.15, -0.1) is 0 Å². The Bertz CT molecular complexity index is 861. The van der Waals surface area contributed by atoms with E-state index in [-0.39, 0.29) is 12.8 Å². The molecule has 2 aromatic rings. The Hall–Kier alpha value is -2.96. The molecular weight excluding hydrogens is 370 g/mol. The predicted octanol–water partition coefficient (Wildman–Crippen LogP) is 3.25. The first-order valence-corrected chi connectivity index (χ1v) is 9.58. The third-order valence-corrected chi connectivity index (χ3v) is 4.63. The Kier molecular flexibility index (Phi) is 8.58. The molecule has 1 aliphatic rings. The van der Waals surface area contributed by atoms with Crippen LogP contribution in [0.5, 0.6) is 0 Å². The minimum Gasteiger partial charge on any atom is -0.481 e. The normalized spacial score (nSPS) is 16.1. The van der Waals surface area contributed by atoms with E-state index in [0.29, 0.717) is 6.42 Å². The number of fused-ring (bicyclic) bond motifs is 2. The summed E-state index contributed by atoms with van der Waals surface area (Å²) in [5, 5.41) is 29.5. The van der Waals surface area contributed by atoms with E-state index in [1.165, 1.54) is 16.7 Å². The van der Waals surface area contributed by atoms with Crippen LogP contribution in [0.4, 0.5) is 0 Å². The molecule has 0 spiro atoms. The molecule has 0 saturated carbocycles. The highest BCUT2D eigenvalue weighted by molar-refractivity contribution is 5.84. The molecule has 0 amide bonds. The molecule has 0 saturated heterocycles. The van der Waals surface area contributed by atoms with Crippen molar-refractivity contribution in [2.24, 2.45) is 0 Å². The molecule has 154 valence electrons. The van der Waals surface area contributed by atoms with Crippen molar-refractivity contribution in [3.8, 4) is 0 Å². The van der Waals surface area contributed by atoms with Crippen LogP contribution < -0.4 is 5.32 Å². The van der Waals surface area contributed by atoms with Crippen LogP contribution in [0, 0.1) is 0 Å². The zero-order valence-electron chi connectivity index (χ0n) is 16.5. The molecule has 0 bridgehead atoms. The Morgan fingerprint density at radius 3 is 2.21 bits per heavy atom. The molecule has 29 heavy (non-hydrogen) atoms. The third-order valence-electron chi connectivity index (χ3n) is 4.63. The standard InChI is InChI=1S/C19H21NO.C4H6O4/c1-20-12-6-11-16-15-8-3-2-7-14(15)13-19(21)18-10-5-4-9-17(16)18;5-3(6)1-2-4(7)8/h2-5,7-11,19-21H,6,12-13H2,1H3;1-2H2,(H,5,6)(H,7,8)/b16-11-;/t19-;/m1./s1. The molecule has 1 atom stereocenters. The summed E-state index contributed by atoms with van der Waals surface area (Å²) in [6.45, 7) is 0.955. The molecule has 3 rings (SSSR count). The van der Waals surface area contributed by atoms with Crippen LogP contribution in [0.25, 0.3) is 5.57 Å². The molecule has 2 aromatic carbocycles. The van der Waals surface area contributed by atoms with E-state index in [4.69, 9.17) is 10.2 Å². The fourth-order valence-electron chi connectivity index (χ4n) is 3.25. The van der Waals surface area contributed by atoms with Gasteiger partial charge in [0.25, 0.3) is 0 Å². The largest absolute Gasteiger partial charge is 0.481 e. The molecule has 0 aromatic heterocycles. The van der Waals surface area contributed by atoms with E-state index >= 15 is 0 Å². The summed E-state index contributed by atoms with van der Waals surface area (Å²) in [4.78, 5) is 19.3. The lowest BCUT2D eigenvalue weighted by Crippen LogP contribution is -2.06. The number of aliphatic carboxylic acids is 2. The molecule has 0 heterocycles. The number of rotatable bonds is 6. The zero-order valence-corrected chi connectivity index (χ0v) is 16.5. The fraction of sp³-hybridized carbons (Fsp3) is 0.304. The molecule has 1 aliphatic carbocycles. The lowest BCUT2D eigenvalue weighted by molar-refractivity contribution is -0.143. The minimum absolute atomic E-state index is 0.296. The van der Waals surface area contributed by atoms with Gasteiger partial charge in [-0.3, -0.25) is 9.59 Å². The van der Waals surface area contributed by atoms with Crippen LogP contribution in [-0.4, -0.2) is 40.9 Å². The summed E-state index contributed by atoms with van der Waals surface area (Å²) in [7, 11) is 1.97. The topological polar surface area (TPSA) is 107 Å². The maximum atomic E-state index is 10.5. The van der Waals surface area contributed by atoms with E-state index in [1.54, 1.807) is 0 Å². The number of carboxylic acid groups (broad SMARTS) is 2. The fourth-order valence-corrected chi connectivity index (χ4v) is 3.25. The van der Waals surface area contributed by atoms with Crippen molar-refractivity contribution >= 4 is 17.5 Å². The van der Waals surface area contributed by atoms with Gasteiger partial charge in [-0.2, -0.15) is 0 Å². The Morgan fingerprint density at radius 2 is 1.59 bits per heavy atom. The number of hydrogen-bond donors (Lipinski definition) is 4. The van der Waals surface area contributed by atoms with Crippen molar-refractivity contribution in [1.82, 2.24) is 5.32 Å². The highest BCUT2D eigenvalue weighted by Gasteiger charge is 2.22. The number of hydrogen-bond acceptors (Lipinski definition) is 4. The predicted molar refractivity (Wildman–Crippen MR) is 112 cm³/mol. The Balaban J connectivity index is 0.000000321. The Labute approximate surface area is 170 Å². The number of carboxylic acids is 2. The van der Waals surface area contributed by atoms with Crippen molar-refractivity contribution in [3.05, 3.63) is 76.9 Å². The molecule has 0 unspecified atom stereocenters. The third kappa shape index (κ3) is 6.55. The van der Waals surface area contributed by atoms with Crippen molar-refractivity contribution in [2.75, 3.05) is 13.6 Å². The summed E-state index contributed by atoms with van der Waals surface area (Å²) in [6, 6.07) is 16.6. The first-order valence-electron chi connectivity index (χ1n) is 9.58. The molecule has 0 fully saturated rings. The van der Waals surface area contributed by atoms with Crippen LogP contribution in [0.2, 0.25) is 0 Å². The lowest BCUT2D eigenvalue weighted by atomic mass is 9.93. The molecule has 0 radical (unpaired) electrons. The highest BCUT2D eigenvalue weighted by atomic mass is 16.4. The van der Waals surface area contributed by atoms with Gasteiger partial charge in [0, 0.05) is 6.42 Å². The maximum absolute atomic E-state index is 10.5. The molecule has 0 aliphatic heterocycles. The smallest absolute Gasteiger partial charge is 0.303 e. The molecular formula is C23H27NO5. The number of aliphatic hydroxyl groups is 1. The maximum Gasteiger partial charge on any atom is 0.303 e.